The molecular formula is C11H13ClN4S. The Labute approximate surface area is 109 Å². The summed E-state index contributed by atoms with van der Waals surface area (Å²) in [6.07, 6.45) is 1.99. The van der Waals surface area contributed by atoms with Crippen LogP contribution in [0.3, 0.4) is 0 Å². The maximum absolute atomic E-state index is 5.82. The van der Waals surface area contributed by atoms with Gasteiger partial charge in [0.15, 0.2) is 11.0 Å². The third-order valence-corrected chi connectivity index (χ3v) is 3.38. The maximum atomic E-state index is 5.82. The fourth-order valence-corrected chi connectivity index (χ4v) is 2.05. The minimum atomic E-state index is 0.645. The van der Waals surface area contributed by atoms with E-state index in [0.29, 0.717) is 6.54 Å². The van der Waals surface area contributed by atoms with Gasteiger partial charge in [0.2, 0.25) is 0 Å². The average Bonchev–Trinajstić information content (AvgIpc) is 2.69. The van der Waals surface area contributed by atoms with E-state index in [1.807, 2.05) is 42.1 Å². The fourth-order valence-electron chi connectivity index (χ4n) is 1.43. The number of hydrogen-bond donors (Lipinski definition) is 1. The van der Waals surface area contributed by atoms with Gasteiger partial charge in [-0.15, -0.1) is 10.2 Å². The summed E-state index contributed by atoms with van der Waals surface area (Å²) in [6.45, 7) is 0.645. The number of nitrogens with one attached hydrogen (secondary N) is 1. The van der Waals surface area contributed by atoms with Crippen LogP contribution in [0, 0.1) is 0 Å². The van der Waals surface area contributed by atoms with Crippen molar-refractivity contribution in [1.82, 2.24) is 14.8 Å². The molecule has 1 aromatic carbocycles. The van der Waals surface area contributed by atoms with Gasteiger partial charge in [0, 0.05) is 17.8 Å². The summed E-state index contributed by atoms with van der Waals surface area (Å²) in [4.78, 5) is 0. The van der Waals surface area contributed by atoms with Gasteiger partial charge < -0.3 is 9.88 Å². The molecule has 1 N–H and O–H groups in total. The number of halogens is 1. The van der Waals surface area contributed by atoms with Gasteiger partial charge in [0.1, 0.15) is 0 Å². The smallest absolute Gasteiger partial charge is 0.190 e. The average molecular weight is 269 g/mol. The minimum Gasteiger partial charge on any atom is -0.378 e. The summed E-state index contributed by atoms with van der Waals surface area (Å²) >= 11 is 7.40. The van der Waals surface area contributed by atoms with E-state index in [1.54, 1.807) is 11.8 Å². The quantitative estimate of drug-likeness (QED) is 0.866. The molecule has 6 heteroatoms. The predicted octanol–water partition coefficient (Wildman–Crippen LogP) is 2.80. The first-order valence-corrected chi connectivity index (χ1v) is 6.72. The van der Waals surface area contributed by atoms with Gasteiger partial charge in [-0.2, -0.15) is 0 Å². The minimum absolute atomic E-state index is 0.645. The van der Waals surface area contributed by atoms with Crippen LogP contribution in [0.4, 0.5) is 5.69 Å². The summed E-state index contributed by atoms with van der Waals surface area (Å²) < 4.78 is 1.98. The molecule has 0 saturated heterocycles. The van der Waals surface area contributed by atoms with Gasteiger partial charge in [0.25, 0.3) is 0 Å². The van der Waals surface area contributed by atoms with Crippen LogP contribution in [0.5, 0.6) is 0 Å². The zero-order chi connectivity index (χ0) is 12.3. The lowest BCUT2D eigenvalue weighted by molar-refractivity contribution is 0.745. The number of thioether (sulfide) groups is 1. The zero-order valence-electron chi connectivity index (χ0n) is 9.64. The van der Waals surface area contributed by atoms with E-state index in [4.69, 9.17) is 11.6 Å². The highest BCUT2D eigenvalue weighted by Gasteiger charge is 2.06. The highest BCUT2D eigenvalue weighted by molar-refractivity contribution is 7.98. The molecule has 2 aromatic rings. The summed E-state index contributed by atoms with van der Waals surface area (Å²) in [7, 11) is 1.96. The van der Waals surface area contributed by atoms with E-state index in [-0.39, 0.29) is 0 Å². The Morgan fingerprint density at radius 2 is 2.00 bits per heavy atom. The normalized spacial score (nSPS) is 10.5. The summed E-state index contributed by atoms with van der Waals surface area (Å²) in [6, 6.07) is 7.59. The molecule has 0 bridgehead atoms. The van der Waals surface area contributed by atoms with Gasteiger partial charge in [-0.1, -0.05) is 23.4 Å². The molecule has 90 valence electrons. The van der Waals surface area contributed by atoms with E-state index >= 15 is 0 Å². The maximum Gasteiger partial charge on any atom is 0.190 e. The van der Waals surface area contributed by atoms with E-state index in [2.05, 4.69) is 15.5 Å². The third kappa shape index (κ3) is 2.92. The van der Waals surface area contributed by atoms with Gasteiger partial charge >= 0.3 is 0 Å². The fraction of sp³-hybridized carbons (Fsp3) is 0.273. The molecule has 0 amide bonds. The lowest BCUT2D eigenvalue weighted by Gasteiger charge is -2.06. The summed E-state index contributed by atoms with van der Waals surface area (Å²) in [5, 5.41) is 13.1. The Kier molecular flexibility index (Phi) is 3.91. The second-order valence-corrected chi connectivity index (χ2v) is 4.73. The van der Waals surface area contributed by atoms with Crippen molar-refractivity contribution in [2.24, 2.45) is 7.05 Å². The van der Waals surface area contributed by atoms with Crippen LogP contribution >= 0.6 is 23.4 Å². The molecule has 0 saturated carbocycles. The van der Waals surface area contributed by atoms with Gasteiger partial charge in [-0.3, -0.25) is 0 Å². The molecule has 17 heavy (non-hydrogen) atoms. The molecule has 1 aromatic heterocycles. The van der Waals surface area contributed by atoms with Crippen LogP contribution in [0.15, 0.2) is 29.4 Å². The Morgan fingerprint density at radius 1 is 1.29 bits per heavy atom. The van der Waals surface area contributed by atoms with Crippen LogP contribution < -0.4 is 5.32 Å². The van der Waals surface area contributed by atoms with Gasteiger partial charge in [-0.25, -0.2) is 0 Å². The number of benzene rings is 1. The van der Waals surface area contributed by atoms with E-state index in [9.17, 15) is 0 Å². The molecule has 0 unspecified atom stereocenters. The van der Waals surface area contributed by atoms with Crippen LogP contribution in [0.1, 0.15) is 5.82 Å². The Morgan fingerprint density at radius 3 is 2.59 bits per heavy atom. The highest BCUT2D eigenvalue weighted by atomic mass is 35.5. The molecule has 2 rings (SSSR count). The Hall–Kier alpha value is -1.20. The molecule has 4 nitrogen and oxygen atoms in total. The second-order valence-electron chi connectivity index (χ2n) is 3.52. The highest BCUT2D eigenvalue weighted by Crippen LogP contribution is 2.15. The number of aromatic nitrogens is 3. The van der Waals surface area contributed by atoms with Crippen LogP contribution in [0.2, 0.25) is 5.02 Å². The monoisotopic (exact) mass is 268 g/mol. The first-order valence-electron chi connectivity index (χ1n) is 5.12. The Bertz CT molecular complexity index is 495. The molecule has 0 aliphatic carbocycles. The largest absolute Gasteiger partial charge is 0.378 e. The van der Waals surface area contributed by atoms with Crippen LogP contribution in [-0.2, 0) is 13.6 Å². The van der Waals surface area contributed by atoms with Crippen molar-refractivity contribution >= 4 is 29.1 Å². The number of rotatable bonds is 4. The molecule has 1 heterocycles. The van der Waals surface area contributed by atoms with Gasteiger partial charge in [-0.05, 0) is 30.5 Å². The Balaban J connectivity index is 2.02. The molecule has 0 radical (unpaired) electrons. The predicted molar refractivity (Wildman–Crippen MR) is 71.6 cm³/mol. The molecule has 0 fully saturated rings. The van der Waals surface area contributed by atoms with Crippen molar-refractivity contribution in [2.45, 2.75) is 11.7 Å². The topological polar surface area (TPSA) is 42.7 Å². The number of hydrogen-bond acceptors (Lipinski definition) is 4. The SMILES string of the molecule is CSc1nnc(CNc2ccc(Cl)cc2)n1C. The van der Waals surface area contributed by atoms with Crippen molar-refractivity contribution in [1.29, 1.82) is 0 Å². The van der Waals surface area contributed by atoms with Crippen molar-refractivity contribution in [3.8, 4) is 0 Å². The number of anilines is 1. The van der Waals surface area contributed by atoms with Crippen molar-refractivity contribution in [3.05, 3.63) is 35.1 Å². The summed E-state index contributed by atoms with van der Waals surface area (Å²) in [5.41, 5.74) is 1.02. The lowest BCUT2D eigenvalue weighted by Crippen LogP contribution is -2.06. The third-order valence-electron chi connectivity index (χ3n) is 2.40. The number of nitrogens with zero attached hydrogens (tertiary/aromatic N) is 3. The first-order chi connectivity index (χ1) is 8.20. The van der Waals surface area contributed by atoms with Crippen LogP contribution in [-0.4, -0.2) is 21.0 Å². The molecular weight excluding hydrogens is 256 g/mol. The molecule has 0 spiro atoms. The van der Waals surface area contributed by atoms with E-state index < -0.39 is 0 Å². The van der Waals surface area contributed by atoms with Crippen molar-refractivity contribution < 1.29 is 0 Å². The van der Waals surface area contributed by atoms with E-state index in [1.165, 1.54) is 0 Å². The summed E-state index contributed by atoms with van der Waals surface area (Å²) in [5.74, 6) is 0.907. The van der Waals surface area contributed by atoms with Crippen molar-refractivity contribution in [3.63, 3.8) is 0 Å². The van der Waals surface area contributed by atoms with Crippen molar-refractivity contribution in [2.75, 3.05) is 11.6 Å². The molecule has 0 aliphatic heterocycles. The second kappa shape index (κ2) is 5.42. The standard InChI is InChI=1S/C11H13ClN4S/c1-16-10(14-15-11(16)17-2)7-13-9-5-3-8(12)4-6-9/h3-6,13H,7H2,1-2H3. The lowest BCUT2D eigenvalue weighted by atomic mass is 10.3. The molecule has 0 aliphatic rings. The van der Waals surface area contributed by atoms with Gasteiger partial charge in [0.05, 0.1) is 6.54 Å². The zero-order valence-corrected chi connectivity index (χ0v) is 11.2. The first kappa shape index (κ1) is 12.3. The van der Waals surface area contributed by atoms with Crippen LogP contribution in [0.25, 0.3) is 0 Å². The van der Waals surface area contributed by atoms with E-state index in [0.717, 1.165) is 21.7 Å². The molecule has 0 atom stereocenters.